The zero-order valence-corrected chi connectivity index (χ0v) is 13.8. The Kier molecular flexibility index (Phi) is 5.36. The minimum atomic E-state index is -3.70. The number of nitriles is 1. The third kappa shape index (κ3) is 3.52. The maximum Gasteiger partial charge on any atom is 0.243 e. The van der Waals surface area contributed by atoms with Crippen molar-refractivity contribution in [1.82, 2.24) is 9.62 Å². The number of ether oxygens (including phenoxy) is 1. The molecule has 0 bridgehead atoms. The first-order valence-corrected chi connectivity index (χ1v) is 8.59. The van der Waals surface area contributed by atoms with E-state index in [2.05, 4.69) is 5.32 Å². The van der Waals surface area contributed by atoms with Crippen LogP contribution >= 0.6 is 0 Å². The average molecular weight is 337 g/mol. The molecule has 2 atom stereocenters. The van der Waals surface area contributed by atoms with Crippen LogP contribution in [-0.4, -0.2) is 52.5 Å². The number of benzene rings is 1. The van der Waals surface area contributed by atoms with Crippen LogP contribution in [-0.2, 0) is 19.6 Å². The molecule has 7 nitrogen and oxygen atoms in total. The second kappa shape index (κ2) is 7.08. The van der Waals surface area contributed by atoms with Crippen LogP contribution in [0.15, 0.2) is 29.2 Å². The summed E-state index contributed by atoms with van der Waals surface area (Å²) in [5.74, 6) is -0.814. The lowest BCUT2D eigenvalue weighted by atomic mass is 9.96. The average Bonchev–Trinajstić information content (AvgIpc) is 2.99. The van der Waals surface area contributed by atoms with E-state index in [9.17, 15) is 13.2 Å². The molecule has 8 heteroatoms. The molecule has 124 valence electrons. The van der Waals surface area contributed by atoms with Crippen LogP contribution in [0.2, 0.25) is 0 Å². The van der Waals surface area contributed by atoms with Gasteiger partial charge in [-0.15, -0.1) is 0 Å². The molecule has 1 aliphatic heterocycles. The highest BCUT2D eigenvalue weighted by Crippen LogP contribution is 2.29. The van der Waals surface area contributed by atoms with Gasteiger partial charge in [0.25, 0.3) is 0 Å². The molecule has 23 heavy (non-hydrogen) atoms. The SMILES string of the molecule is CNC(=O)[C@@H]1CN(S(=O)(=O)c2ccc(C#N)cc2)C[C@H]1COC. The van der Waals surface area contributed by atoms with E-state index >= 15 is 0 Å². The topological polar surface area (TPSA) is 99.5 Å². The van der Waals surface area contributed by atoms with E-state index in [0.29, 0.717) is 12.2 Å². The van der Waals surface area contributed by atoms with Crippen LogP contribution in [0.3, 0.4) is 0 Å². The first-order valence-electron chi connectivity index (χ1n) is 7.15. The number of hydrogen-bond donors (Lipinski definition) is 1. The van der Waals surface area contributed by atoms with Crippen LogP contribution in [0, 0.1) is 23.2 Å². The van der Waals surface area contributed by atoms with Crippen LogP contribution in [0.5, 0.6) is 0 Å². The summed E-state index contributed by atoms with van der Waals surface area (Å²) < 4.78 is 31.8. The van der Waals surface area contributed by atoms with Gasteiger partial charge in [-0.3, -0.25) is 4.79 Å². The van der Waals surface area contributed by atoms with Crippen molar-refractivity contribution in [1.29, 1.82) is 5.26 Å². The number of methoxy groups -OCH3 is 1. The molecule has 0 aliphatic carbocycles. The second-order valence-corrected chi connectivity index (χ2v) is 7.33. The quantitative estimate of drug-likeness (QED) is 0.827. The molecule has 1 aromatic rings. The Bertz CT molecular complexity index is 709. The molecule has 1 aromatic carbocycles. The summed E-state index contributed by atoms with van der Waals surface area (Å²) in [6.07, 6.45) is 0. The van der Waals surface area contributed by atoms with Crippen molar-refractivity contribution in [3.63, 3.8) is 0 Å². The normalized spacial score (nSPS) is 21.8. The molecule has 1 saturated heterocycles. The highest BCUT2D eigenvalue weighted by Gasteiger charge is 2.42. The van der Waals surface area contributed by atoms with Gasteiger partial charge in [0.15, 0.2) is 0 Å². The highest BCUT2D eigenvalue weighted by atomic mass is 32.2. The molecule has 0 aromatic heterocycles. The summed E-state index contributed by atoms with van der Waals surface area (Å²) in [5, 5.41) is 11.4. The number of sulfonamides is 1. The van der Waals surface area contributed by atoms with Crippen LogP contribution in [0.25, 0.3) is 0 Å². The first kappa shape index (κ1) is 17.4. The van der Waals surface area contributed by atoms with E-state index in [1.807, 2.05) is 6.07 Å². The molecule has 1 amide bonds. The van der Waals surface area contributed by atoms with Crippen LogP contribution in [0.4, 0.5) is 0 Å². The lowest BCUT2D eigenvalue weighted by Crippen LogP contribution is -2.34. The molecule has 1 heterocycles. The summed E-state index contributed by atoms with van der Waals surface area (Å²) in [5.41, 5.74) is 0.394. The highest BCUT2D eigenvalue weighted by molar-refractivity contribution is 7.89. The summed E-state index contributed by atoms with van der Waals surface area (Å²) >= 11 is 0. The fourth-order valence-electron chi connectivity index (χ4n) is 2.74. The minimum Gasteiger partial charge on any atom is -0.384 e. The minimum absolute atomic E-state index is 0.116. The largest absolute Gasteiger partial charge is 0.384 e. The third-order valence-electron chi connectivity index (χ3n) is 3.99. The summed E-state index contributed by atoms with van der Waals surface area (Å²) in [4.78, 5) is 12.1. The number of hydrogen-bond acceptors (Lipinski definition) is 5. The summed E-state index contributed by atoms with van der Waals surface area (Å²) in [6, 6.07) is 7.70. The van der Waals surface area contributed by atoms with Crippen molar-refractivity contribution in [2.45, 2.75) is 4.90 Å². The Morgan fingerprint density at radius 1 is 1.39 bits per heavy atom. The third-order valence-corrected chi connectivity index (χ3v) is 5.84. The van der Waals surface area contributed by atoms with E-state index in [1.165, 1.54) is 42.7 Å². The number of nitrogens with one attached hydrogen (secondary N) is 1. The number of nitrogens with zero attached hydrogens (tertiary/aromatic N) is 2. The number of amides is 1. The fourth-order valence-corrected chi connectivity index (χ4v) is 4.27. The van der Waals surface area contributed by atoms with Crippen LogP contribution in [0.1, 0.15) is 5.56 Å². The molecule has 0 saturated carbocycles. The molecule has 1 fully saturated rings. The molecular formula is C15H19N3O4S. The van der Waals surface area contributed by atoms with Crippen molar-refractivity contribution < 1.29 is 17.9 Å². The molecule has 1 N–H and O–H groups in total. The van der Waals surface area contributed by atoms with E-state index in [0.717, 1.165) is 0 Å². The predicted octanol–water partition coefficient (Wildman–Crippen LogP) is 0.187. The number of carbonyl (C=O) groups is 1. The molecular weight excluding hydrogens is 318 g/mol. The van der Waals surface area contributed by atoms with E-state index in [-0.39, 0.29) is 29.8 Å². The van der Waals surface area contributed by atoms with Crippen molar-refractivity contribution >= 4 is 15.9 Å². The van der Waals surface area contributed by atoms with Gasteiger partial charge in [-0.25, -0.2) is 8.42 Å². The molecule has 0 unspecified atom stereocenters. The van der Waals surface area contributed by atoms with Crippen molar-refractivity contribution in [3.8, 4) is 6.07 Å². The van der Waals surface area contributed by atoms with Gasteiger partial charge < -0.3 is 10.1 Å². The zero-order valence-electron chi connectivity index (χ0n) is 13.0. The monoisotopic (exact) mass is 337 g/mol. The predicted molar refractivity (Wildman–Crippen MR) is 82.8 cm³/mol. The van der Waals surface area contributed by atoms with Gasteiger partial charge in [0.2, 0.25) is 15.9 Å². The first-order chi connectivity index (χ1) is 10.9. The maximum atomic E-state index is 12.7. The molecule has 2 rings (SSSR count). The lowest BCUT2D eigenvalue weighted by molar-refractivity contribution is -0.125. The smallest absolute Gasteiger partial charge is 0.243 e. The van der Waals surface area contributed by atoms with Gasteiger partial charge in [-0.1, -0.05) is 0 Å². The van der Waals surface area contributed by atoms with Crippen molar-refractivity contribution in [3.05, 3.63) is 29.8 Å². The number of rotatable bonds is 5. The molecule has 1 aliphatic rings. The van der Waals surface area contributed by atoms with Crippen LogP contribution < -0.4 is 5.32 Å². The van der Waals surface area contributed by atoms with E-state index in [4.69, 9.17) is 10.00 Å². The van der Waals surface area contributed by atoms with Gasteiger partial charge in [0.05, 0.1) is 29.1 Å². The Morgan fingerprint density at radius 2 is 2.04 bits per heavy atom. The van der Waals surface area contributed by atoms with Gasteiger partial charge in [0, 0.05) is 33.2 Å². The zero-order chi connectivity index (χ0) is 17.0. The molecule has 0 spiro atoms. The van der Waals surface area contributed by atoms with Gasteiger partial charge in [-0.05, 0) is 24.3 Å². The standard InChI is InChI=1S/C15H19N3O4S/c1-17-15(19)14-9-18(8-12(14)10-22-2)23(20,21)13-5-3-11(7-16)4-6-13/h3-6,12,14H,8-10H2,1-2H3,(H,17,19)/t12-,14+/m0/s1. The maximum absolute atomic E-state index is 12.7. The van der Waals surface area contributed by atoms with E-state index in [1.54, 1.807) is 0 Å². The Labute approximate surface area is 135 Å². The van der Waals surface area contributed by atoms with Gasteiger partial charge >= 0.3 is 0 Å². The lowest BCUT2D eigenvalue weighted by Gasteiger charge is -2.16. The fraction of sp³-hybridized carbons (Fsp3) is 0.467. The summed E-state index contributed by atoms with van der Waals surface area (Å²) in [7, 11) is -0.643. The Balaban J connectivity index is 2.26. The van der Waals surface area contributed by atoms with E-state index < -0.39 is 15.9 Å². The Hall–Kier alpha value is -1.95. The molecule has 0 radical (unpaired) electrons. The Morgan fingerprint density at radius 3 is 2.57 bits per heavy atom. The number of carbonyl (C=O) groups excluding carboxylic acids is 1. The van der Waals surface area contributed by atoms with Gasteiger partial charge in [0.1, 0.15) is 0 Å². The second-order valence-electron chi connectivity index (χ2n) is 5.39. The van der Waals surface area contributed by atoms with Crippen molar-refractivity contribution in [2.24, 2.45) is 11.8 Å². The van der Waals surface area contributed by atoms with Crippen molar-refractivity contribution in [2.75, 3.05) is 33.9 Å². The van der Waals surface area contributed by atoms with Gasteiger partial charge in [-0.2, -0.15) is 9.57 Å². The summed E-state index contributed by atoms with van der Waals surface area (Å²) in [6.45, 7) is 0.668.